The topological polar surface area (TPSA) is 64.4 Å². The molecule has 0 atom stereocenters. The van der Waals surface area contributed by atoms with Crippen molar-refractivity contribution in [1.29, 1.82) is 0 Å². The van der Waals surface area contributed by atoms with Crippen LogP contribution in [0.15, 0.2) is 30.3 Å². The van der Waals surface area contributed by atoms with Gasteiger partial charge in [-0.3, -0.25) is 4.79 Å². The van der Waals surface area contributed by atoms with Crippen molar-refractivity contribution in [3.05, 3.63) is 53.1 Å². The van der Waals surface area contributed by atoms with Crippen LogP contribution in [0.5, 0.6) is 0 Å². The Hall–Kier alpha value is -2.96. The number of rotatable bonds is 7. The monoisotopic (exact) mass is 373 g/mol. The number of amides is 1. The fourth-order valence-electron chi connectivity index (χ4n) is 2.73. The molecule has 1 aromatic heterocycles. The smallest absolute Gasteiger partial charge is 0.331 e. The molecular formula is C20H24FN3O3. The Bertz CT molecular complexity index is 837. The average Bonchev–Trinajstić information content (AvgIpc) is 2.94. The number of halogens is 1. The van der Waals surface area contributed by atoms with E-state index in [1.807, 2.05) is 27.7 Å². The number of benzene rings is 1. The first kappa shape index (κ1) is 20.4. The number of aromatic nitrogens is 2. The van der Waals surface area contributed by atoms with Gasteiger partial charge >= 0.3 is 5.97 Å². The quantitative estimate of drug-likeness (QED) is 0.553. The molecular weight excluding hydrogens is 349 g/mol. The van der Waals surface area contributed by atoms with Crippen LogP contribution in [0.3, 0.4) is 0 Å². The van der Waals surface area contributed by atoms with Gasteiger partial charge in [-0.05, 0) is 58.0 Å². The van der Waals surface area contributed by atoms with Gasteiger partial charge in [-0.1, -0.05) is 0 Å². The summed E-state index contributed by atoms with van der Waals surface area (Å²) in [5, 5.41) is 4.44. The Morgan fingerprint density at radius 2 is 1.81 bits per heavy atom. The standard InChI is InChI=1S/C20H24FN3O3/c1-5-23(6-2)19(25)13-27-20(26)12-11-18-14(3)22-24(15(18)4)17-9-7-16(21)8-10-17/h7-12H,5-6,13H2,1-4H3/b12-11+. The summed E-state index contributed by atoms with van der Waals surface area (Å²) in [5.74, 6) is -1.13. The van der Waals surface area contributed by atoms with Crippen molar-refractivity contribution < 1.29 is 18.7 Å². The molecule has 1 amide bonds. The van der Waals surface area contributed by atoms with E-state index in [1.165, 1.54) is 18.2 Å². The predicted octanol–water partition coefficient (Wildman–Crippen LogP) is 3.05. The molecule has 144 valence electrons. The maximum absolute atomic E-state index is 13.1. The molecule has 0 bridgehead atoms. The maximum atomic E-state index is 13.1. The van der Waals surface area contributed by atoms with Crippen LogP contribution in [-0.2, 0) is 14.3 Å². The third-order valence-corrected chi connectivity index (χ3v) is 4.26. The highest BCUT2D eigenvalue weighted by molar-refractivity contribution is 5.89. The third-order valence-electron chi connectivity index (χ3n) is 4.26. The highest BCUT2D eigenvalue weighted by Gasteiger charge is 2.13. The first-order chi connectivity index (χ1) is 12.9. The second-order valence-electron chi connectivity index (χ2n) is 5.98. The Morgan fingerprint density at radius 1 is 1.19 bits per heavy atom. The summed E-state index contributed by atoms with van der Waals surface area (Å²) in [4.78, 5) is 25.4. The van der Waals surface area contributed by atoms with E-state index < -0.39 is 5.97 Å². The lowest BCUT2D eigenvalue weighted by Gasteiger charge is -2.17. The van der Waals surface area contributed by atoms with Gasteiger partial charge in [-0.2, -0.15) is 5.10 Å². The van der Waals surface area contributed by atoms with E-state index >= 15 is 0 Å². The molecule has 0 saturated carbocycles. The molecule has 27 heavy (non-hydrogen) atoms. The van der Waals surface area contributed by atoms with Gasteiger partial charge in [-0.15, -0.1) is 0 Å². The van der Waals surface area contributed by atoms with Gasteiger partial charge in [-0.25, -0.2) is 13.9 Å². The number of hydrogen-bond acceptors (Lipinski definition) is 4. The number of carbonyl (C=O) groups excluding carboxylic acids is 2. The zero-order valence-electron chi connectivity index (χ0n) is 16.0. The van der Waals surface area contributed by atoms with Crippen molar-refractivity contribution >= 4 is 18.0 Å². The molecule has 6 nitrogen and oxygen atoms in total. The summed E-state index contributed by atoms with van der Waals surface area (Å²) in [7, 11) is 0. The minimum Gasteiger partial charge on any atom is -0.452 e. The lowest BCUT2D eigenvalue weighted by atomic mass is 10.2. The molecule has 0 fully saturated rings. The van der Waals surface area contributed by atoms with Crippen LogP contribution < -0.4 is 0 Å². The number of nitrogens with zero attached hydrogens (tertiary/aromatic N) is 3. The fourth-order valence-corrected chi connectivity index (χ4v) is 2.73. The van der Waals surface area contributed by atoms with Gasteiger partial charge in [0.2, 0.25) is 0 Å². The van der Waals surface area contributed by atoms with Crippen LogP contribution in [-0.4, -0.2) is 46.3 Å². The van der Waals surface area contributed by atoms with Crippen LogP contribution >= 0.6 is 0 Å². The van der Waals surface area contributed by atoms with Crippen molar-refractivity contribution in [3.63, 3.8) is 0 Å². The Kier molecular flexibility index (Phi) is 6.87. The summed E-state index contributed by atoms with van der Waals surface area (Å²) in [5.41, 5.74) is 3.03. The van der Waals surface area contributed by atoms with E-state index in [-0.39, 0.29) is 18.3 Å². The number of carbonyl (C=O) groups is 2. The molecule has 0 spiro atoms. The molecule has 0 radical (unpaired) electrons. The van der Waals surface area contributed by atoms with Crippen LogP contribution in [0, 0.1) is 19.7 Å². The van der Waals surface area contributed by atoms with Crippen molar-refractivity contribution in [2.24, 2.45) is 0 Å². The number of ether oxygens (including phenoxy) is 1. The lowest BCUT2D eigenvalue weighted by molar-refractivity contribution is -0.147. The lowest BCUT2D eigenvalue weighted by Crippen LogP contribution is -2.34. The first-order valence-corrected chi connectivity index (χ1v) is 8.82. The maximum Gasteiger partial charge on any atom is 0.331 e. The number of hydrogen-bond donors (Lipinski definition) is 0. The first-order valence-electron chi connectivity index (χ1n) is 8.82. The van der Waals surface area contributed by atoms with Crippen molar-refractivity contribution in [2.45, 2.75) is 27.7 Å². The minimum absolute atomic E-state index is 0.224. The van der Waals surface area contributed by atoms with E-state index in [0.717, 1.165) is 22.6 Å². The zero-order chi connectivity index (χ0) is 20.0. The predicted molar refractivity (Wildman–Crippen MR) is 101 cm³/mol. The second kappa shape index (κ2) is 9.12. The van der Waals surface area contributed by atoms with E-state index in [1.54, 1.807) is 27.8 Å². The Balaban J connectivity index is 2.07. The third kappa shape index (κ3) is 5.03. The van der Waals surface area contributed by atoms with Gasteiger partial charge < -0.3 is 9.64 Å². The van der Waals surface area contributed by atoms with E-state index in [0.29, 0.717) is 13.1 Å². The Morgan fingerprint density at radius 3 is 2.41 bits per heavy atom. The Labute approximate surface area is 158 Å². The molecule has 0 saturated heterocycles. The highest BCUT2D eigenvalue weighted by Crippen LogP contribution is 2.19. The molecule has 0 aliphatic carbocycles. The summed E-state index contributed by atoms with van der Waals surface area (Å²) < 4.78 is 19.8. The van der Waals surface area contributed by atoms with E-state index in [2.05, 4.69) is 5.10 Å². The summed E-state index contributed by atoms with van der Waals surface area (Å²) in [6.07, 6.45) is 2.89. The molecule has 0 aliphatic rings. The largest absolute Gasteiger partial charge is 0.452 e. The molecule has 0 N–H and O–H groups in total. The highest BCUT2D eigenvalue weighted by atomic mass is 19.1. The van der Waals surface area contributed by atoms with Gasteiger partial charge in [0, 0.05) is 30.4 Å². The van der Waals surface area contributed by atoms with Crippen molar-refractivity contribution in [2.75, 3.05) is 19.7 Å². The number of likely N-dealkylation sites (N-methyl/N-ethyl adjacent to an activating group) is 1. The number of aryl methyl sites for hydroxylation is 1. The van der Waals surface area contributed by atoms with Crippen LogP contribution in [0.2, 0.25) is 0 Å². The van der Waals surface area contributed by atoms with Crippen LogP contribution in [0.4, 0.5) is 4.39 Å². The SMILES string of the molecule is CCN(CC)C(=O)COC(=O)/C=C/c1c(C)nn(-c2ccc(F)cc2)c1C. The molecule has 0 unspecified atom stereocenters. The van der Waals surface area contributed by atoms with E-state index in [4.69, 9.17) is 4.74 Å². The van der Waals surface area contributed by atoms with E-state index in [9.17, 15) is 14.0 Å². The van der Waals surface area contributed by atoms with Crippen LogP contribution in [0.1, 0.15) is 30.8 Å². The number of esters is 1. The van der Waals surface area contributed by atoms with Gasteiger partial charge in [0.05, 0.1) is 11.4 Å². The zero-order valence-corrected chi connectivity index (χ0v) is 16.0. The van der Waals surface area contributed by atoms with Crippen molar-refractivity contribution in [3.8, 4) is 5.69 Å². The van der Waals surface area contributed by atoms with Gasteiger partial charge in [0.25, 0.3) is 5.91 Å². The minimum atomic E-state index is -0.594. The van der Waals surface area contributed by atoms with Gasteiger partial charge in [0.1, 0.15) is 5.82 Å². The molecule has 2 rings (SSSR count). The van der Waals surface area contributed by atoms with Crippen LogP contribution in [0.25, 0.3) is 11.8 Å². The molecule has 7 heteroatoms. The van der Waals surface area contributed by atoms with Gasteiger partial charge in [0.15, 0.2) is 6.61 Å². The second-order valence-corrected chi connectivity index (χ2v) is 5.98. The molecule has 1 aromatic carbocycles. The normalized spacial score (nSPS) is 11.0. The van der Waals surface area contributed by atoms with Crippen molar-refractivity contribution in [1.82, 2.24) is 14.7 Å². The fraction of sp³-hybridized carbons (Fsp3) is 0.350. The molecule has 1 heterocycles. The summed E-state index contributed by atoms with van der Waals surface area (Å²) in [6, 6.07) is 6.00. The summed E-state index contributed by atoms with van der Waals surface area (Å²) in [6.45, 7) is 8.28. The average molecular weight is 373 g/mol. The summed E-state index contributed by atoms with van der Waals surface area (Å²) >= 11 is 0. The molecule has 0 aliphatic heterocycles. The molecule has 2 aromatic rings.